The Balaban J connectivity index is -0.000000810. The predicted molar refractivity (Wildman–Crippen MR) is 663 cm³/mol. The zero-order chi connectivity index (χ0) is 113. The van der Waals surface area contributed by atoms with Crippen LogP contribution in [-0.2, 0) is 52.3 Å². The van der Waals surface area contributed by atoms with Crippen molar-refractivity contribution in [2.45, 2.75) is 130 Å². The maximum atomic E-state index is 12.1. The van der Waals surface area contributed by atoms with Gasteiger partial charge in [-0.15, -0.1) is 0 Å². The van der Waals surface area contributed by atoms with E-state index in [1.165, 1.54) is 50.8 Å². The number of ether oxygens (including phenoxy) is 8. The molecule has 12 rings (SSSR count). The summed E-state index contributed by atoms with van der Waals surface area (Å²) in [5.41, 5.74) is 12.4. The maximum Gasteiger partial charge on any atom is 1.00 e. The number of pyridine rings is 4. The van der Waals surface area contributed by atoms with Gasteiger partial charge in [0.1, 0.15) is 0 Å². The number of methoxy groups -OCH3 is 8. The Bertz CT molecular complexity index is 6480. The molecular weight excluding hydrogens is 2740 g/mol. The number of hydrogen-bond donors (Lipinski definition) is 3. The molecule has 4 heterocycles. The van der Waals surface area contributed by atoms with Crippen molar-refractivity contribution < 1.29 is 171 Å². The van der Waals surface area contributed by atoms with Gasteiger partial charge in [0.05, 0.1) is 155 Å². The monoisotopic (exact) mass is 2860 g/mol. The summed E-state index contributed by atoms with van der Waals surface area (Å²) in [7, 11) is 25.6. The number of nitrogens with zero attached hydrogens (tertiary/aromatic N) is 4. The van der Waals surface area contributed by atoms with Crippen LogP contribution in [-0.4, -0.2) is 137 Å². The van der Waals surface area contributed by atoms with E-state index < -0.39 is 16.1 Å². The minimum Gasteiger partial charge on any atom is -1.00 e. The van der Waals surface area contributed by atoms with Crippen molar-refractivity contribution in [3.63, 3.8) is 0 Å². The molecule has 0 aliphatic rings. The van der Waals surface area contributed by atoms with E-state index in [9.17, 15) is 33.6 Å². The molecule has 0 unspecified atom stereocenters. The minimum atomic E-state index is -1.51. The molecule has 0 aliphatic carbocycles. The molecule has 8 aromatic carbocycles. The summed E-state index contributed by atoms with van der Waals surface area (Å²) in [6.45, 7) is 34.3. The van der Waals surface area contributed by atoms with E-state index in [-0.39, 0.29) is 165 Å². The fourth-order valence-corrected chi connectivity index (χ4v) is 23.7. The second-order valence-corrected chi connectivity index (χ2v) is 52.3. The molecular formula is C104H126Cl13I4K2N7O18Si2. The van der Waals surface area contributed by atoms with Crippen LogP contribution >= 0.6 is 237 Å². The molecule has 0 spiro atoms. The number of carbonyl (C=O) groups excluding carboxylic acids is 4. The number of allylic oxidation sites excluding steroid dienone is 3. The van der Waals surface area contributed by atoms with Crippen molar-refractivity contribution in [1.29, 1.82) is 0 Å². The zero-order valence-corrected chi connectivity index (χ0v) is 115. The van der Waals surface area contributed by atoms with Gasteiger partial charge in [-0.25, -0.2) is 0 Å². The van der Waals surface area contributed by atoms with Crippen LogP contribution in [0.5, 0.6) is 46.0 Å². The number of carbonyl (C=O) groups is 4. The van der Waals surface area contributed by atoms with Crippen LogP contribution < -0.4 is 194 Å². The van der Waals surface area contributed by atoms with Gasteiger partial charge >= 0.3 is 103 Å². The Morgan fingerprint density at radius 3 is 0.787 bits per heavy atom. The number of para-hydroxylation sites is 1. The van der Waals surface area contributed by atoms with Crippen molar-refractivity contribution in [3.8, 4) is 46.0 Å². The Morgan fingerprint density at radius 2 is 0.580 bits per heavy atom. The summed E-state index contributed by atoms with van der Waals surface area (Å²) in [4.78, 5) is 93.3. The van der Waals surface area contributed by atoms with Gasteiger partial charge in [-0.05, 0) is 259 Å². The molecule has 3 amide bonds. The topological polar surface area (TPSA) is 298 Å². The average molecular weight is 2870 g/mol. The van der Waals surface area contributed by atoms with Crippen molar-refractivity contribution in [2.75, 3.05) is 78.0 Å². The van der Waals surface area contributed by atoms with E-state index in [0.29, 0.717) is 151 Å². The third-order valence-electron chi connectivity index (χ3n) is 21.4. The predicted octanol–water partition coefficient (Wildman–Crippen LogP) is 22.3. The van der Waals surface area contributed by atoms with E-state index >= 15 is 0 Å². The molecule has 0 radical (unpaired) electrons. The van der Waals surface area contributed by atoms with Gasteiger partial charge in [0.2, 0.25) is 17.7 Å². The maximum absolute atomic E-state index is 12.1. The first-order valence-corrected chi connectivity index (χ1v) is 60.6. The first-order valence-electron chi connectivity index (χ1n) is 43.1. The second kappa shape index (κ2) is 71.2. The van der Waals surface area contributed by atoms with Gasteiger partial charge in [-0.1, -0.05) is 218 Å². The largest absolute Gasteiger partial charge is 1.00 e. The van der Waals surface area contributed by atoms with Crippen LogP contribution in [0.4, 0.5) is 0 Å². The van der Waals surface area contributed by atoms with Crippen LogP contribution in [0.3, 0.4) is 0 Å². The molecule has 25 nitrogen and oxygen atoms in total. The van der Waals surface area contributed by atoms with Gasteiger partial charge in [-0.3, -0.25) is 38.4 Å². The quantitative estimate of drug-likeness (QED) is 0.0118. The van der Waals surface area contributed by atoms with Crippen molar-refractivity contribution in [1.82, 2.24) is 34.2 Å². The van der Waals surface area contributed by atoms with Crippen molar-refractivity contribution in [2.24, 2.45) is 28.2 Å². The van der Waals surface area contributed by atoms with Crippen LogP contribution in [0.15, 0.2) is 126 Å². The van der Waals surface area contributed by atoms with Gasteiger partial charge in [0.25, 0.3) is 28.7 Å². The van der Waals surface area contributed by atoms with E-state index in [1.807, 2.05) is 92.6 Å². The normalized spacial score (nSPS) is 10.6. The fraction of sp³-hybridized carbons (Fsp3) is 0.327. The summed E-state index contributed by atoms with van der Waals surface area (Å²) >= 11 is 80.8. The summed E-state index contributed by atoms with van der Waals surface area (Å²) in [5.74, 6) is 3.71. The zero-order valence-electron chi connectivity index (χ0n) is 89.5. The number of fused-ring (bicyclic) bond motifs is 4. The number of amides is 3. The molecule has 12 aromatic rings. The molecule has 814 valence electrons. The number of likely N-dealkylation sites (N-methyl/N-ethyl adjacent to an activating group) is 3. The molecule has 0 fully saturated rings. The molecule has 0 saturated heterocycles. The number of nitrogens with one attached hydrogen (secondary N) is 3. The van der Waals surface area contributed by atoms with Gasteiger partial charge in [0, 0.05) is 153 Å². The van der Waals surface area contributed by atoms with Crippen LogP contribution in [0.1, 0.15) is 92.7 Å². The van der Waals surface area contributed by atoms with Crippen molar-refractivity contribution in [3.05, 3.63) is 271 Å². The Morgan fingerprint density at radius 1 is 0.353 bits per heavy atom. The number of benzene rings is 8. The van der Waals surface area contributed by atoms with Gasteiger partial charge in [0.15, 0.2) is 46.0 Å². The summed E-state index contributed by atoms with van der Waals surface area (Å²) in [6.07, 6.45) is 4.40. The molecule has 0 aliphatic heterocycles. The smallest absolute Gasteiger partial charge is 1.00 e. The van der Waals surface area contributed by atoms with Crippen LogP contribution in [0, 0.1) is 62.5 Å². The molecule has 150 heavy (non-hydrogen) atoms. The summed E-state index contributed by atoms with van der Waals surface area (Å²) in [6, 6.07) is 25.5. The first-order chi connectivity index (χ1) is 68.0. The Labute approximate surface area is 1090 Å². The molecule has 0 bridgehead atoms. The van der Waals surface area contributed by atoms with Crippen LogP contribution in [0.2, 0.25) is 99.6 Å². The molecule has 0 saturated carbocycles. The first kappa shape index (κ1) is 151. The van der Waals surface area contributed by atoms with Gasteiger partial charge < -0.3 is 83.7 Å². The molecule has 3 N–H and O–H groups in total. The standard InChI is InChI=1S/C17H20Cl2N2O3.2C17H18N2O3.C13H22Cl2OSi2.2C9H10Cl2O.C7H4Cl2I2O.C7H6Cl2O.C5H8INO.CH2O3.2CH4.ClI.2K.H/c1-9(6-13(22)20-3)11-8-12(10(2)7-14(23)21-4)16(19)17(24-5)15(11)18;2*1-9-6-13(20)18(3)15-11(9)8-12-10(2)7-14(21)19(4)16(12)17(15)22-5;1-16-13-11(14)9(17(2,3)4)8-10(12(13)15)18(5,6)7;2*1-5-4-6(2)8(11)9(12-3)7(5)10;1-12-7-5(8)3(10)2-4(11)6(7)9;1-10-7-5(8)3-2-4-6(7)9;1-4(6)3-5(8)7-2;2-1-4-3;;;1-2;;;/h6-8H,1-5H3,(H,20,22)(H,21,23);2*6-8H,1-5H3;8H,1-7H3;2*4H,1-3H3;2H,1H3;2-4H,1H3;3H,1-2H3,(H,7,8);1,3H;2*1H4;;;;/q;;;;;;;;;;;;;2*+1;-1/p-1/b9-6-,10-7-;;;;;;;;4-3-;;;;;;;. The van der Waals surface area contributed by atoms with E-state index in [4.69, 9.17) is 187 Å². The number of halogens is 17. The third kappa shape index (κ3) is 40.9. The summed E-state index contributed by atoms with van der Waals surface area (Å²) < 4.78 is 51.2. The average Bonchev–Trinajstić information content (AvgIpc) is 0.736. The minimum absolute atomic E-state index is 0. The van der Waals surface area contributed by atoms with E-state index in [2.05, 4.69) is 143 Å². The van der Waals surface area contributed by atoms with Crippen LogP contribution in [0.25, 0.3) is 54.8 Å². The number of aromatic nitrogens is 4. The number of hydrogen-bond acceptors (Lipinski definition) is 18. The molecule has 4 aromatic heterocycles. The van der Waals surface area contributed by atoms with E-state index in [0.717, 1.165) is 76.8 Å². The fourth-order valence-electron chi connectivity index (χ4n) is 13.8. The molecule has 0 atom stereocenters. The van der Waals surface area contributed by atoms with Crippen molar-refractivity contribution >= 4 is 343 Å². The third-order valence-corrected chi connectivity index (χ3v) is 33.2. The second-order valence-electron chi connectivity index (χ2n) is 33.6. The Hall–Kier alpha value is -3.54. The SMILES string of the molecule is C.C.CNC(=O)/C=C(/C)I.CNC(=O)/C=C(/C)c1cc(/C(C)=C\C(=O)NC)c(Cl)c(OC)c1Cl.COc1c(Cl)c(C)cc(C)c1Cl.COc1c(Cl)c(C)cc(C)c1Cl.COc1c(Cl)c(I)cc(I)c1Cl.COc1c(Cl)c([Si](C)(C)C)cc([Si](C)(C)C)c1Cl.COc1c(Cl)cccc1Cl.COc1c2c(cc3c(C)cc(=O)n(C)c13)c(C)cc(=O)n2C.COc1c2c(cc3c(C)cc(=O)n(C)c13)c(C)cc(=O)n2C.ClI.O=CO[O-].[H-].[K+].[K+]. The number of rotatable bonds is 16. The molecule has 46 heteroatoms. The summed E-state index contributed by atoms with van der Waals surface area (Å²) in [5, 5.41) is 28.8. The number of aryl methyl sites for hydroxylation is 12. The van der Waals surface area contributed by atoms with Gasteiger partial charge in [-0.2, -0.15) is 0 Å². The van der Waals surface area contributed by atoms with E-state index in [1.54, 1.807) is 186 Å². The Kier molecular flexibility index (Phi) is 71.5.